The van der Waals surface area contributed by atoms with E-state index in [4.69, 9.17) is 12.2 Å². The Kier molecular flexibility index (Phi) is 4.87. The van der Waals surface area contributed by atoms with Crippen LogP contribution in [0.1, 0.15) is 5.56 Å². The Morgan fingerprint density at radius 3 is 2.68 bits per heavy atom. The topological polar surface area (TPSA) is 24.1 Å². The number of thiocarbonyl (C=S) groups is 1. The van der Waals surface area contributed by atoms with Crippen molar-refractivity contribution in [3.63, 3.8) is 0 Å². The van der Waals surface area contributed by atoms with Gasteiger partial charge >= 0.3 is 0 Å². The van der Waals surface area contributed by atoms with Gasteiger partial charge in [-0.05, 0) is 48.1 Å². The molecule has 0 aliphatic rings. The highest BCUT2D eigenvalue weighted by molar-refractivity contribution is 9.10. The molecule has 2 aromatic carbocycles. The average Bonchev–Trinajstić information content (AvgIpc) is 2.36. The molecule has 0 aliphatic heterocycles. The van der Waals surface area contributed by atoms with Crippen molar-refractivity contribution >= 4 is 38.9 Å². The zero-order valence-corrected chi connectivity index (χ0v) is 12.4. The molecule has 0 aromatic heterocycles. The summed E-state index contributed by atoms with van der Waals surface area (Å²) in [4.78, 5) is 0. The van der Waals surface area contributed by atoms with Gasteiger partial charge in [-0.15, -0.1) is 0 Å². The number of hydrogen-bond acceptors (Lipinski definition) is 1. The second-order valence-electron chi connectivity index (χ2n) is 3.95. The van der Waals surface area contributed by atoms with Crippen molar-refractivity contribution in [2.75, 3.05) is 5.32 Å². The van der Waals surface area contributed by atoms with Gasteiger partial charge < -0.3 is 10.6 Å². The van der Waals surface area contributed by atoms with Crippen LogP contribution in [-0.4, -0.2) is 5.11 Å². The zero-order chi connectivity index (χ0) is 13.7. The molecule has 19 heavy (non-hydrogen) atoms. The van der Waals surface area contributed by atoms with Crippen LogP contribution in [0.15, 0.2) is 53.0 Å². The van der Waals surface area contributed by atoms with Crippen LogP contribution >= 0.6 is 28.1 Å². The van der Waals surface area contributed by atoms with Crippen LogP contribution < -0.4 is 10.6 Å². The highest BCUT2D eigenvalue weighted by Crippen LogP contribution is 2.15. The second-order valence-corrected chi connectivity index (χ2v) is 5.27. The lowest BCUT2D eigenvalue weighted by Gasteiger charge is -2.10. The lowest BCUT2D eigenvalue weighted by atomic mass is 10.2. The van der Waals surface area contributed by atoms with Gasteiger partial charge in [0, 0.05) is 16.7 Å². The molecule has 2 nitrogen and oxygen atoms in total. The Hall–Kier alpha value is -1.46. The highest BCUT2D eigenvalue weighted by atomic mass is 79.9. The van der Waals surface area contributed by atoms with E-state index in [1.54, 1.807) is 6.07 Å². The molecule has 0 aliphatic carbocycles. The summed E-state index contributed by atoms with van der Waals surface area (Å²) in [7, 11) is 0. The number of rotatable bonds is 3. The van der Waals surface area contributed by atoms with Crippen LogP contribution in [0, 0.1) is 5.82 Å². The van der Waals surface area contributed by atoms with Crippen molar-refractivity contribution in [3.8, 4) is 0 Å². The Morgan fingerprint density at radius 2 is 1.95 bits per heavy atom. The summed E-state index contributed by atoms with van der Waals surface area (Å²) in [6, 6.07) is 14.1. The molecular formula is C14H12BrFN2S. The minimum atomic E-state index is -0.245. The molecule has 0 unspecified atom stereocenters. The van der Waals surface area contributed by atoms with Gasteiger partial charge in [-0.2, -0.15) is 0 Å². The largest absolute Gasteiger partial charge is 0.358 e. The molecule has 2 rings (SSSR count). The van der Waals surface area contributed by atoms with E-state index in [1.165, 1.54) is 12.1 Å². The number of anilines is 1. The van der Waals surface area contributed by atoms with Crippen LogP contribution in [0.3, 0.4) is 0 Å². The molecule has 2 N–H and O–H groups in total. The van der Waals surface area contributed by atoms with Crippen molar-refractivity contribution in [1.29, 1.82) is 0 Å². The third kappa shape index (κ3) is 4.61. The molecular weight excluding hydrogens is 327 g/mol. The van der Waals surface area contributed by atoms with Gasteiger partial charge in [-0.1, -0.05) is 34.1 Å². The van der Waals surface area contributed by atoms with Gasteiger partial charge in [0.1, 0.15) is 5.82 Å². The maximum absolute atomic E-state index is 13.0. The lowest BCUT2D eigenvalue weighted by molar-refractivity contribution is 0.625. The van der Waals surface area contributed by atoms with Crippen LogP contribution in [-0.2, 0) is 6.54 Å². The quantitative estimate of drug-likeness (QED) is 0.824. The van der Waals surface area contributed by atoms with E-state index in [9.17, 15) is 4.39 Å². The van der Waals surface area contributed by atoms with E-state index in [0.717, 1.165) is 15.7 Å². The fraction of sp³-hybridized carbons (Fsp3) is 0.0714. The van der Waals surface area contributed by atoms with E-state index in [1.807, 2.05) is 30.3 Å². The minimum absolute atomic E-state index is 0.245. The molecule has 0 saturated carbocycles. The van der Waals surface area contributed by atoms with Crippen molar-refractivity contribution in [2.24, 2.45) is 0 Å². The van der Waals surface area contributed by atoms with Crippen molar-refractivity contribution in [1.82, 2.24) is 5.32 Å². The van der Waals surface area contributed by atoms with Crippen LogP contribution in [0.25, 0.3) is 0 Å². The molecule has 0 radical (unpaired) electrons. The van der Waals surface area contributed by atoms with Crippen molar-refractivity contribution in [3.05, 3.63) is 64.4 Å². The normalized spacial score (nSPS) is 10.0. The van der Waals surface area contributed by atoms with Crippen LogP contribution in [0.5, 0.6) is 0 Å². The first-order valence-electron chi connectivity index (χ1n) is 5.68. The Balaban J connectivity index is 1.88. The van der Waals surface area contributed by atoms with Crippen LogP contribution in [0.2, 0.25) is 0 Å². The summed E-state index contributed by atoms with van der Waals surface area (Å²) in [5.41, 5.74) is 1.74. The standard InChI is InChI=1S/C14H12BrFN2S/c15-11-4-2-6-13(8-11)18-14(19)17-9-10-3-1-5-12(16)7-10/h1-8H,9H2,(H2,17,18,19). The van der Waals surface area contributed by atoms with E-state index >= 15 is 0 Å². The van der Waals surface area contributed by atoms with Gasteiger partial charge in [0.05, 0.1) is 0 Å². The number of halogens is 2. The zero-order valence-electron chi connectivity index (χ0n) is 9.99. The summed E-state index contributed by atoms with van der Waals surface area (Å²) in [5, 5.41) is 6.60. The predicted octanol–water partition coefficient (Wildman–Crippen LogP) is 4.07. The SMILES string of the molecule is Fc1cccc(CNC(=S)Nc2cccc(Br)c2)c1. The monoisotopic (exact) mass is 338 g/mol. The summed E-state index contributed by atoms with van der Waals surface area (Å²) in [6.07, 6.45) is 0. The van der Waals surface area contributed by atoms with Crippen molar-refractivity contribution < 1.29 is 4.39 Å². The van der Waals surface area contributed by atoms with Gasteiger partial charge in [0.25, 0.3) is 0 Å². The molecule has 5 heteroatoms. The summed E-state index contributed by atoms with van der Waals surface area (Å²) in [5.74, 6) is -0.245. The third-order valence-electron chi connectivity index (χ3n) is 2.42. The number of benzene rings is 2. The minimum Gasteiger partial charge on any atom is -0.358 e. The van der Waals surface area contributed by atoms with Gasteiger partial charge in [-0.3, -0.25) is 0 Å². The first kappa shape index (κ1) is 14.0. The van der Waals surface area contributed by atoms with Gasteiger partial charge in [-0.25, -0.2) is 4.39 Å². The summed E-state index contributed by atoms with van der Waals surface area (Å²) < 4.78 is 14.0. The summed E-state index contributed by atoms with van der Waals surface area (Å²) >= 11 is 8.57. The molecule has 0 saturated heterocycles. The average molecular weight is 339 g/mol. The van der Waals surface area contributed by atoms with Gasteiger partial charge in [0.2, 0.25) is 0 Å². The first-order valence-corrected chi connectivity index (χ1v) is 6.88. The molecule has 98 valence electrons. The Morgan fingerprint density at radius 1 is 1.16 bits per heavy atom. The third-order valence-corrected chi connectivity index (χ3v) is 3.16. The Bertz CT molecular complexity index is 589. The molecule has 0 amide bonds. The van der Waals surface area contributed by atoms with E-state index in [-0.39, 0.29) is 5.82 Å². The number of hydrogen-bond donors (Lipinski definition) is 2. The lowest BCUT2D eigenvalue weighted by Crippen LogP contribution is -2.27. The van der Waals surface area contributed by atoms with E-state index in [2.05, 4.69) is 26.6 Å². The maximum atomic E-state index is 13.0. The molecule has 0 atom stereocenters. The highest BCUT2D eigenvalue weighted by Gasteiger charge is 1.99. The van der Waals surface area contributed by atoms with Crippen molar-refractivity contribution in [2.45, 2.75) is 6.54 Å². The van der Waals surface area contributed by atoms with Crippen LogP contribution in [0.4, 0.5) is 10.1 Å². The fourth-order valence-corrected chi connectivity index (χ4v) is 2.16. The first-order chi connectivity index (χ1) is 9.13. The summed E-state index contributed by atoms with van der Waals surface area (Å²) in [6.45, 7) is 0.484. The fourth-order valence-electron chi connectivity index (χ4n) is 1.57. The Labute approximate surface area is 125 Å². The predicted molar refractivity (Wildman–Crippen MR) is 83.6 cm³/mol. The molecule has 0 heterocycles. The molecule has 2 aromatic rings. The second kappa shape index (κ2) is 6.63. The molecule has 0 bridgehead atoms. The van der Waals surface area contributed by atoms with E-state index in [0.29, 0.717) is 11.7 Å². The van der Waals surface area contributed by atoms with E-state index < -0.39 is 0 Å². The molecule has 0 fully saturated rings. The smallest absolute Gasteiger partial charge is 0.171 e. The van der Waals surface area contributed by atoms with Gasteiger partial charge in [0.15, 0.2) is 5.11 Å². The molecule has 0 spiro atoms. The number of nitrogens with one attached hydrogen (secondary N) is 2. The maximum Gasteiger partial charge on any atom is 0.171 e.